The highest BCUT2D eigenvalue weighted by Crippen LogP contribution is 2.20. The fourth-order valence-electron chi connectivity index (χ4n) is 1.64. The Morgan fingerprint density at radius 1 is 1.53 bits per heavy atom. The lowest BCUT2D eigenvalue weighted by Gasteiger charge is -2.06. The highest BCUT2D eigenvalue weighted by molar-refractivity contribution is 5.84. The van der Waals surface area contributed by atoms with Gasteiger partial charge in [0.05, 0.1) is 17.6 Å². The number of fused-ring (bicyclic) bond motifs is 1. The number of ketones is 1. The van der Waals surface area contributed by atoms with Crippen LogP contribution in [0.4, 0.5) is 0 Å². The minimum atomic E-state index is -0.164. The van der Waals surface area contributed by atoms with E-state index in [-0.39, 0.29) is 11.7 Å². The predicted molar refractivity (Wildman–Crippen MR) is 57.6 cm³/mol. The standard InChI is InChI=1S/C11H13N3O/c1-7(8(2)15)11-13-9-6-12-5-4-10(9)14(11)3/h4-7H,1-3H3. The van der Waals surface area contributed by atoms with Gasteiger partial charge in [-0.1, -0.05) is 0 Å². The second-order valence-corrected chi connectivity index (χ2v) is 3.73. The van der Waals surface area contributed by atoms with Crippen LogP contribution < -0.4 is 0 Å². The zero-order valence-corrected chi connectivity index (χ0v) is 9.06. The Balaban J connectivity index is 2.63. The zero-order valence-electron chi connectivity index (χ0n) is 9.06. The maximum absolute atomic E-state index is 11.3. The number of aromatic nitrogens is 3. The molecule has 0 aliphatic carbocycles. The molecule has 0 bridgehead atoms. The molecule has 0 N–H and O–H groups in total. The second-order valence-electron chi connectivity index (χ2n) is 3.73. The summed E-state index contributed by atoms with van der Waals surface area (Å²) in [5, 5.41) is 0. The van der Waals surface area contributed by atoms with Crippen molar-refractivity contribution in [1.82, 2.24) is 14.5 Å². The quantitative estimate of drug-likeness (QED) is 0.745. The number of carbonyl (C=O) groups excluding carboxylic acids is 1. The molecular weight excluding hydrogens is 190 g/mol. The molecule has 1 atom stereocenters. The Morgan fingerprint density at radius 3 is 2.87 bits per heavy atom. The monoisotopic (exact) mass is 203 g/mol. The molecule has 0 amide bonds. The van der Waals surface area contributed by atoms with Gasteiger partial charge < -0.3 is 4.57 Å². The Kier molecular flexibility index (Phi) is 2.26. The van der Waals surface area contributed by atoms with Crippen molar-refractivity contribution in [3.05, 3.63) is 24.3 Å². The van der Waals surface area contributed by atoms with E-state index in [1.54, 1.807) is 19.3 Å². The summed E-state index contributed by atoms with van der Waals surface area (Å²) in [7, 11) is 1.92. The molecule has 0 saturated heterocycles. The molecule has 2 rings (SSSR count). The molecule has 0 spiro atoms. The number of hydrogen-bond donors (Lipinski definition) is 0. The third kappa shape index (κ3) is 1.52. The van der Waals surface area contributed by atoms with Gasteiger partial charge in [0.1, 0.15) is 17.1 Å². The number of nitrogens with zero attached hydrogens (tertiary/aromatic N) is 3. The second kappa shape index (κ2) is 3.46. The molecular formula is C11H13N3O. The summed E-state index contributed by atoms with van der Waals surface area (Å²) in [6.07, 6.45) is 3.44. The van der Waals surface area contributed by atoms with Gasteiger partial charge in [-0.3, -0.25) is 9.78 Å². The molecule has 4 nitrogen and oxygen atoms in total. The molecule has 0 aliphatic heterocycles. The zero-order chi connectivity index (χ0) is 11.0. The summed E-state index contributed by atoms with van der Waals surface area (Å²) >= 11 is 0. The van der Waals surface area contributed by atoms with Crippen LogP contribution in [0.15, 0.2) is 18.5 Å². The van der Waals surface area contributed by atoms with Crippen molar-refractivity contribution in [3.8, 4) is 0 Å². The van der Waals surface area contributed by atoms with Crippen molar-refractivity contribution in [2.75, 3.05) is 0 Å². The van der Waals surface area contributed by atoms with Crippen LogP contribution in [-0.2, 0) is 11.8 Å². The first-order valence-corrected chi connectivity index (χ1v) is 4.88. The van der Waals surface area contributed by atoms with Crippen LogP contribution in [0.2, 0.25) is 0 Å². The summed E-state index contributed by atoms with van der Waals surface area (Å²) in [4.78, 5) is 19.7. The summed E-state index contributed by atoms with van der Waals surface area (Å²) in [6.45, 7) is 3.46. The average molecular weight is 203 g/mol. The molecule has 1 unspecified atom stereocenters. The highest BCUT2D eigenvalue weighted by atomic mass is 16.1. The van der Waals surface area contributed by atoms with Gasteiger partial charge in [-0.2, -0.15) is 0 Å². The van der Waals surface area contributed by atoms with Gasteiger partial charge in [0.2, 0.25) is 0 Å². The van der Waals surface area contributed by atoms with E-state index in [9.17, 15) is 4.79 Å². The van der Waals surface area contributed by atoms with Crippen LogP contribution in [0.3, 0.4) is 0 Å². The van der Waals surface area contributed by atoms with Gasteiger partial charge in [-0.25, -0.2) is 4.98 Å². The highest BCUT2D eigenvalue weighted by Gasteiger charge is 2.17. The number of rotatable bonds is 2. The van der Waals surface area contributed by atoms with E-state index < -0.39 is 0 Å². The lowest BCUT2D eigenvalue weighted by Crippen LogP contribution is -2.10. The number of Topliss-reactive ketones (excluding diaryl/α,β-unsaturated/α-hetero) is 1. The number of carbonyl (C=O) groups is 1. The number of aryl methyl sites for hydroxylation is 1. The van der Waals surface area contributed by atoms with Gasteiger partial charge in [-0.15, -0.1) is 0 Å². The molecule has 0 aromatic carbocycles. The SMILES string of the molecule is CC(=O)C(C)c1nc2cnccc2n1C. The Labute approximate surface area is 88.0 Å². The third-order valence-electron chi connectivity index (χ3n) is 2.71. The third-order valence-corrected chi connectivity index (χ3v) is 2.71. The summed E-state index contributed by atoms with van der Waals surface area (Å²) < 4.78 is 1.95. The smallest absolute Gasteiger partial charge is 0.140 e. The van der Waals surface area contributed by atoms with Crippen LogP contribution >= 0.6 is 0 Å². The first-order chi connectivity index (χ1) is 7.11. The van der Waals surface area contributed by atoms with Crippen LogP contribution in [0.5, 0.6) is 0 Å². The van der Waals surface area contributed by atoms with E-state index in [1.807, 2.05) is 24.6 Å². The van der Waals surface area contributed by atoms with Crippen molar-refractivity contribution in [1.29, 1.82) is 0 Å². The van der Waals surface area contributed by atoms with Crippen LogP contribution in [-0.4, -0.2) is 20.3 Å². The molecule has 0 radical (unpaired) electrons. The summed E-state index contributed by atoms with van der Waals surface area (Å²) in [5.74, 6) is 0.759. The Morgan fingerprint density at radius 2 is 2.27 bits per heavy atom. The molecule has 2 aromatic rings. The topological polar surface area (TPSA) is 47.8 Å². The molecule has 2 heterocycles. The van der Waals surface area contributed by atoms with Crippen LogP contribution in [0, 0.1) is 0 Å². The Hall–Kier alpha value is -1.71. The van der Waals surface area contributed by atoms with E-state index in [1.165, 1.54) is 0 Å². The maximum Gasteiger partial charge on any atom is 0.140 e. The lowest BCUT2D eigenvalue weighted by atomic mass is 10.1. The molecule has 0 fully saturated rings. The molecule has 4 heteroatoms. The van der Waals surface area contributed by atoms with Crippen molar-refractivity contribution in [3.63, 3.8) is 0 Å². The number of pyridine rings is 1. The predicted octanol–water partition coefficient (Wildman–Crippen LogP) is 1.66. The van der Waals surface area contributed by atoms with Gasteiger partial charge in [0.25, 0.3) is 0 Å². The van der Waals surface area contributed by atoms with Crippen LogP contribution in [0.1, 0.15) is 25.6 Å². The van der Waals surface area contributed by atoms with E-state index >= 15 is 0 Å². The summed E-state index contributed by atoms with van der Waals surface area (Å²) in [6, 6.07) is 1.90. The number of imidazole rings is 1. The van der Waals surface area contributed by atoms with E-state index in [0.717, 1.165) is 16.9 Å². The van der Waals surface area contributed by atoms with E-state index in [2.05, 4.69) is 9.97 Å². The average Bonchev–Trinajstić information content (AvgIpc) is 2.56. The van der Waals surface area contributed by atoms with Gasteiger partial charge in [-0.05, 0) is 19.9 Å². The molecule has 0 saturated carbocycles. The molecule has 2 aromatic heterocycles. The molecule has 15 heavy (non-hydrogen) atoms. The summed E-state index contributed by atoms with van der Waals surface area (Å²) in [5.41, 5.74) is 1.84. The first kappa shape index (κ1) is 9.83. The maximum atomic E-state index is 11.3. The lowest BCUT2D eigenvalue weighted by molar-refractivity contribution is -0.118. The fraction of sp³-hybridized carbons (Fsp3) is 0.364. The van der Waals surface area contributed by atoms with Crippen molar-refractivity contribution < 1.29 is 4.79 Å². The van der Waals surface area contributed by atoms with E-state index in [0.29, 0.717) is 0 Å². The van der Waals surface area contributed by atoms with Crippen molar-refractivity contribution >= 4 is 16.8 Å². The minimum absolute atomic E-state index is 0.126. The van der Waals surface area contributed by atoms with Gasteiger partial charge in [0.15, 0.2) is 0 Å². The first-order valence-electron chi connectivity index (χ1n) is 4.88. The van der Waals surface area contributed by atoms with Crippen molar-refractivity contribution in [2.45, 2.75) is 19.8 Å². The van der Waals surface area contributed by atoms with Crippen molar-refractivity contribution in [2.24, 2.45) is 7.05 Å². The van der Waals surface area contributed by atoms with Crippen LogP contribution in [0.25, 0.3) is 11.0 Å². The normalized spacial score (nSPS) is 13.0. The van der Waals surface area contributed by atoms with Gasteiger partial charge in [0, 0.05) is 13.2 Å². The largest absolute Gasteiger partial charge is 0.330 e. The minimum Gasteiger partial charge on any atom is -0.330 e. The Bertz CT molecular complexity index is 516. The van der Waals surface area contributed by atoms with Gasteiger partial charge >= 0.3 is 0 Å². The molecule has 0 aliphatic rings. The fourth-order valence-corrected chi connectivity index (χ4v) is 1.64. The van der Waals surface area contributed by atoms with E-state index in [4.69, 9.17) is 0 Å². The molecule has 78 valence electrons. The number of hydrogen-bond acceptors (Lipinski definition) is 3.